The highest BCUT2D eigenvalue weighted by molar-refractivity contribution is 7.89. The number of aromatic nitrogens is 2. The van der Waals surface area contributed by atoms with Crippen LogP contribution in [0.15, 0.2) is 51.9 Å². The summed E-state index contributed by atoms with van der Waals surface area (Å²) in [5.41, 5.74) is 0.659. The minimum absolute atomic E-state index is 0.0378. The molecule has 1 aromatic heterocycles. The molecular formula is C18H18FN3O5S. The summed E-state index contributed by atoms with van der Waals surface area (Å²) in [7, 11) is 0.134. The van der Waals surface area contributed by atoms with E-state index in [1.54, 1.807) is 31.4 Å². The first-order valence-electron chi connectivity index (χ1n) is 8.12. The summed E-state index contributed by atoms with van der Waals surface area (Å²) < 4.78 is 55.5. The molecule has 28 heavy (non-hydrogen) atoms. The molecule has 148 valence electrons. The summed E-state index contributed by atoms with van der Waals surface area (Å²) in [4.78, 5) is 3.93. The van der Waals surface area contributed by atoms with Gasteiger partial charge in [0.2, 0.25) is 21.7 Å². The molecule has 8 nitrogen and oxygen atoms in total. The third kappa shape index (κ3) is 3.97. The Morgan fingerprint density at radius 2 is 1.93 bits per heavy atom. The van der Waals surface area contributed by atoms with E-state index < -0.39 is 15.8 Å². The number of sulfonamides is 1. The van der Waals surface area contributed by atoms with Gasteiger partial charge in [-0.15, -0.1) is 0 Å². The Hall–Kier alpha value is -2.98. The number of rotatable bonds is 7. The van der Waals surface area contributed by atoms with Crippen LogP contribution < -0.4 is 9.47 Å². The van der Waals surface area contributed by atoms with Gasteiger partial charge in [0.05, 0.1) is 20.8 Å². The van der Waals surface area contributed by atoms with Crippen LogP contribution >= 0.6 is 0 Å². The molecule has 0 aliphatic carbocycles. The summed E-state index contributed by atoms with van der Waals surface area (Å²) in [6.07, 6.45) is 0. The first-order valence-corrected chi connectivity index (χ1v) is 9.56. The number of methoxy groups -OCH3 is 2. The summed E-state index contributed by atoms with van der Waals surface area (Å²) in [5, 5.41) is 3.87. The van der Waals surface area contributed by atoms with Crippen molar-refractivity contribution in [2.75, 3.05) is 21.3 Å². The molecule has 0 amide bonds. The quantitative estimate of drug-likeness (QED) is 0.594. The Labute approximate surface area is 161 Å². The van der Waals surface area contributed by atoms with Crippen LogP contribution in [0.2, 0.25) is 0 Å². The van der Waals surface area contributed by atoms with Crippen molar-refractivity contribution in [2.24, 2.45) is 0 Å². The highest BCUT2D eigenvalue weighted by atomic mass is 32.2. The zero-order valence-electron chi connectivity index (χ0n) is 15.4. The van der Waals surface area contributed by atoms with Gasteiger partial charge in [0.15, 0.2) is 0 Å². The number of nitrogens with zero attached hydrogens (tertiary/aromatic N) is 3. The number of hydrogen-bond acceptors (Lipinski definition) is 7. The number of ether oxygens (including phenoxy) is 2. The lowest BCUT2D eigenvalue weighted by molar-refractivity contribution is 0.335. The lowest BCUT2D eigenvalue weighted by Crippen LogP contribution is -2.27. The van der Waals surface area contributed by atoms with Crippen LogP contribution in [0.1, 0.15) is 5.89 Å². The maximum atomic E-state index is 13.6. The van der Waals surface area contributed by atoms with E-state index in [4.69, 9.17) is 14.0 Å². The maximum Gasteiger partial charge on any atom is 0.247 e. The van der Waals surface area contributed by atoms with Gasteiger partial charge in [0.1, 0.15) is 22.2 Å². The van der Waals surface area contributed by atoms with Crippen molar-refractivity contribution in [3.8, 4) is 22.9 Å². The molecule has 0 aliphatic heterocycles. The van der Waals surface area contributed by atoms with Gasteiger partial charge in [0.25, 0.3) is 0 Å². The molecule has 0 N–H and O–H groups in total. The van der Waals surface area contributed by atoms with Gasteiger partial charge >= 0.3 is 0 Å². The molecule has 2 aromatic carbocycles. The van der Waals surface area contributed by atoms with Gasteiger partial charge in [-0.05, 0) is 30.3 Å². The van der Waals surface area contributed by atoms with Crippen LogP contribution in [0.5, 0.6) is 11.5 Å². The lowest BCUT2D eigenvalue weighted by Gasteiger charge is -2.17. The normalized spacial score (nSPS) is 11.6. The van der Waals surface area contributed by atoms with Crippen molar-refractivity contribution >= 4 is 10.0 Å². The van der Waals surface area contributed by atoms with E-state index >= 15 is 0 Å². The molecule has 0 aliphatic rings. The molecule has 0 bridgehead atoms. The van der Waals surface area contributed by atoms with Crippen LogP contribution in [0.3, 0.4) is 0 Å². The number of halogens is 1. The summed E-state index contributed by atoms with van der Waals surface area (Å²) >= 11 is 0. The first-order chi connectivity index (χ1) is 13.3. The Kier molecular flexibility index (Phi) is 5.61. The third-order valence-electron chi connectivity index (χ3n) is 3.97. The van der Waals surface area contributed by atoms with Crippen LogP contribution in [0.4, 0.5) is 4.39 Å². The largest absolute Gasteiger partial charge is 0.497 e. The highest BCUT2D eigenvalue weighted by Gasteiger charge is 2.27. The zero-order valence-corrected chi connectivity index (χ0v) is 16.2. The summed E-state index contributed by atoms with van der Waals surface area (Å²) in [6, 6.07) is 10.3. The Morgan fingerprint density at radius 3 is 2.64 bits per heavy atom. The molecule has 0 saturated carbocycles. The fourth-order valence-corrected chi connectivity index (χ4v) is 3.78. The monoisotopic (exact) mass is 407 g/mol. The van der Waals surface area contributed by atoms with Gasteiger partial charge in [-0.25, -0.2) is 12.8 Å². The van der Waals surface area contributed by atoms with Gasteiger partial charge < -0.3 is 14.0 Å². The molecule has 3 aromatic rings. The summed E-state index contributed by atoms with van der Waals surface area (Å²) in [5.74, 6) is 0.353. The average Bonchev–Trinajstić information content (AvgIpc) is 3.16. The van der Waals surface area contributed by atoms with Crippen LogP contribution in [-0.2, 0) is 16.6 Å². The predicted octanol–water partition coefficient (Wildman–Crippen LogP) is 2.71. The molecular weight excluding hydrogens is 389 g/mol. The van der Waals surface area contributed by atoms with E-state index in [1.165, 1.54) is 20.2 Å². The molecule has 1 heterocycles. The first kappa shape index (κ1) is 19.8. The van der Waals surface area contributed by atoms with Crippen molar-refractivity contribution in [1.29, 1.82) is 0 Å². The van der Waals surface area contributed by atoms with Gasteiger partial charge in [-0.1, -0.05) is 17.3 Å². The molecule has 0 fully saturated rings. The van der Waals surface area contributed by atoms with Gasteiger partial charge in [-0.3, -0.25) is 0 Å². The Bertz CT molecular complexity index is 1080. The van der Waals surface area contributed by atoms with Crippen LogP contribution in [-0.4, -0.2) is 44.1 Å². The number of hydrogen-bond donors (Lipinski definition) is 0. The van der Waals surface area contributed by atoms with Crippen molar-refractivity contribution in [3.63, 3.8) is 0 Å². The predicted molar refractivity (Wildman–Crippen MR) is 97.9 cm³/mol. The second-order valence-electron chi connectivity index (χ2n) is 5.80. The Balaban J connectivity index is 1.84. The second kappa shape index (κ2) is 7.95. The molecule has 0 atom stereocenters. The standard InChI is InChI=1S/C18H18FN3O5S/c1-22(28(23,24)16-10-13(19)7-8-15(16)26-3)11-17-20-18(21-27-17)12-5-4-6-14(9-12)25-2/h4-10H,11H2,1-3H3. The molecule has 10 heteroatoms. The lowest BCUT2D eigenvalue weighted by atomic mass is 10.2. The van der Waals surface area contributed by atoms with Gasteiger partial charge in [0, 0.05) is 12.6 Å². The molecule has 0 unspecified atom stereocenters. The summed E-state index contributed by atoms with van der Waals surface area (Å²) in [6.45, 7) is -0.195. The number of benzene rings is 2. The van der Waals surface area contributed by atoms with E-state index in [0.29, 0.717) is 17.1 Å². The molecule has 0 saturated heterocycles. The van der Waals surface area contributed by atoms with Crippen molar-refractivity contribution < 1.29 is 26.8 Å². The topological polar surface area (TPSA) is 94.8 Å². The fraction of sp³-hybridized carbons (Fsp3) is 0.222. The smallest absolute Gasteiger partial charge is 0.247 e. The van der Waals surface area contributed by atoms with Gasteiger partial charge in [-0.2, -0.15) is 9.29 Å². The maximum absolute atomic E-state index is 13.6. The van der Waals surface area contributed by atoms with Crippen LogP contribution in [0, 0.1) is 5.82 Å². The van der Waals surface area contributed by atoms with Crippen molar-refractivity contribution in [1.82, 2.24) is 14.4 Å². The SMILES string of the molecule is COc1cccc(-c2noc(CN(C)S(=O)(=O)c3cc(F)ccc3OC)n2)c1. The minimum Gasteiger partial charge on any atom is -0.497 e. The second-order valence-corrected chi connectivity index (χ2v) is 7.81. The van der Waals surface area contributed by atoms with E-state index in [0.717, 1.165) is 16.4 Å². The molecule has 0 spiro atoms. The van der Waals surface area contributed by atoms with Crippen molar-refractivity contribution in [3.05, 3.63) is 54.2 Å². The third-order valence-corrected chi connectivity index (χ3v) is 5.79. The van der Waals surface area contributed by atoms with E-state index in [1.807, 2.05) is 0 Å². The minimum atomic E-state index is -4.05. The van der Waals surface area contributed by atoms with Crippen LogP contribution in [0.25, 0.3) is 11.4 Å². The van der Waals surface area contributed by atoms with E-state index in [-0.39, 0.29) is 23.1 Å². The van der Waals surface area contributed by atoms with E-state index in [9.17, 15) is 12.8 Å². The van der Waals surface area contributed by atoms with Crippen molar-refractivity contribution in [2.45, 2.75) is 11.4 Å². The highest BCUT2D eigenvalue weighted by Crippen LogP contribution is 2.28. The molecule has 3 rings (SSSR count). The fourth-order valence-electron chi connectivity index (χ4n) is 2.49. The zero-order chi connectivity index (χ0) is 20.3. The average molecular weight is 407 g/mol. The van der Waals surface area contributed by atoms with E-state index in [2.05, 4.69) is 10.1 Å². The Morgan fingerprint density at radius 1 is 1.14 bits per heavy atom. The molecule has 0 radical (unpaired) electrons.